The number of furan rings is 1. The number of carbonyl (C=O) groups is 1. The second-order valence-corrected chi connectivity index (χ2v) is 4.74. The van der Waals surface area contributed by atoms with Gasteiger partial charge in [0, 0.05) is 0 Å². The first kappa shape index (κ1) is 11.8. The number of ether oxygens (including phenoxy) is 1. The van der Waals surface area contributed by atoms with Gasteiger partial charge in [0.05, 0.1) is 18.9 Å². The Morgan fingerprint density at radius 2 is 2.00 bits per heavy atom. The van der Waals surface area contributed by atoms with Crippen LogP contribution in [-0.4, -0.2) is 13.0 Å². The summed E-state index contributed by atoms with van der Waals surface area (Å²) in [5, 5.41) is 3.05. The molecule has 1 aromatic heterocycles. The summed E-state index contributed by atoms with van der Waals surface area (Å²) in [5.74, 6) is 0.995. The van der Waals surface area contributed by atoms with E-state index >= 15 is 0 Å². The van der Waals surface area contributed by atoms with Crippen LogP contribution < -0.4 is 10.1 Å². The van der Waals surface area contributed by atoms with Crippen LogP contribution >= 0.6 is 0 Å². The minimum absolute atomic E-state index is 0.168. The van der Waals surface area contributed by atoms with Crippen LogP contribution in [0.25, 0.3) is 0 Å². The second kappa shape index (κ2) is 4.46. The molecule has 2 aromatic rings. The molecule has 1 aromatic carbocycles. The highest BCUT2D eigenvalue weighted by molar-refractivity contribution is 5.92. The molecule has 98 valence electrons. The van der Waals surface area contributed by atoms with Crippen molar-refractivity contribution in [2.45, 2.75) is 18.4 Å². The van der Waals surface area contributed by atoms with E-state index in [1.165, 1.54) is 6.26 Å². The van der Waals surface area contributed by atoms with Gasteiger partial charge < -0.3 is 14.5 Å². The molecule has 0 atom stereocenters. The molecule has 1 amide bonds. The number of methoxy groups -OCH3 is 1. The largest absolute Gasteiger partial charge is 0.497 e. The maximum Gasteiger partial charge on any atom is 0.287 e. The third-order valence-corrected chi connectivity index (χ3v) is 3.49. The number of rotatable bonds is 4. The average Bonchev–Trinajstić information content (AvgIpc) is 3.02. The number of hydrogen-bond donors (Lipinski definition) is 1. The number of nitrogens with one attached hydrogen (secondary N) is 1. The van der Waals surface area contributed by atoms with Crippen molar-refractivity contribution in [1.29, 1.82) is 0 Å². The molecule has 1 heterocycles. The van der Waals surface area contributed by atoms with E-state index < -0.39 is 0 Å². The molecule has 1 aliphatic carbocycles. The van der Waals surface area contributed by atoms with Gasteiger partial charge in [0.15, 0.2) is 5.76 Å². The van der Waals surface area contributed by atoms with Crippen molar-refractivity contribution < 1.29 is 13.9 Å². The molecule has 0 unspecified atom stereocenters. The summed E-state index contributed by atoms with van der Waals surface area (Å²) in [6, 6.07) is 11.2. The van der Waals surface area contributed by atoms with Crippen LogP contribution in [0.1, 0.15) is 29.0 Å². The highest BCUT2D eigenvalue weighted by Gasteiger charge is 2.46. The molecule has 0 spiro atoms. The highest BCUT2D eigenvalue weighted by atomic mass is 16.5. The Morgan fingerprint density at radius 1 is 1.26 bits per heavy atom. The van der Waals surface area contributed by atoms with Crippen LogP contribution in [0, 0.1) is 0 Å². The minimum Gasteiger partial charge on any atom is -0.497 e. The average molecular weight is 257 g/mol. The van der Waals surface area contributed by atoms with E-state index in [1.54, 1.807) is 19.2 Å². The monoisotopic (exact) mass is 257 g/mol. The van der Waals surface area contributed by atoms with Gasteiger partial charge in [-0.3, -0.25) is 4.79 Å². The first-order chi connectivity index (χ1) is 9.23. The molecule has 0 aliphatic heterocycles. The van der Waals surface area contributed by atoms with Gasteiger partial charge >= 0.3 is 0 Å². The quantitative estimate of drug-likeness (QED) is 0.916. The molecule has 19 heavy (non-hydrogen) atoms. The molecule has 3 rings (SSSR count). The van der Waals surface area contributed by atoms with Crippen LogP contribution in [0.2, 0.25) is 0 Å². The lowest BCUT2D eigenvalue weighted by atomic mass is 10.0. The first-order valence-corrected chi connectivity index (χ1v) is 6.24. The lowest BCUT2D eigenvalue weighted by molar-refractivity contribution is 0.0902. The topological polar surface area (TPSA) is 51.5 Å². The fourth-order valence-corrected chi connectivity index (χ4v) is 2.21. The molecule has 1 aliphatic rings. The zero-order chi connectivity index (χ0) is 13.3. The zero-order valence-corrected chi connectivity index (χ0v) is 10.7. The Bertz CT molecular complexity index is 568. The third kappa shape index (κ3) is 2.21. The molecule has 1 saturated carbocycles. The van der Waals surface area contributed by atoms with Gasteiger partial charge in [-0.2, -0.15) is 0 Å². The summed E-state index contributed by atoms with van der Waals surface area (Å²) in [7, 11) is 1.64. The molecular formula is C15H15NO3. The Hall–Kier alpha value is -2.23. The fourth-order valence-electron chi connectivity index (χ4n) is 2.21. The molecule has 1 fully saturated rings. The molecule has 0 saturated heterocycles. The molecule has 0 radical (unpaired) electrons. The van der Waals surface area contributed by atoms with Crippen molar-refractivity contribution in [3.63, 3.8) is 0 Å². The lowest BCUT2D eigenvalue weighted by Gasteiger charge is -2.17. The summed E-state index contributed by atoms with van der Waals surface area (Å²) in [5.41, 5.74) is 0.865. The number of hydrogen-bond acceptors (Lipinski definition) is 3. The smallest absolute Gasteiger partial charge is 0.287 e. The van der Waals surface area contributed by atoms with Crippen molar-refractivity contribution in [3.05, 3.63) is 54.0 Å². The van der Waals surface area contributed by atoms with E-state index in [0.717, 1.165) is 24.2 Å². The van der Waals surface area contributed by atoms with Gasteiger partial charge in [0.2, 0.25) is 0 Å². The molecule has 1 N–H and O–H groups in total. The van der Waals surface area contributed by atoms with Gasteiger partial charge in [-0.05, 0) is 42.7 Å². The molecule has 0 bridgehead atoms. The highest BCUT2D eigenvalue weighted by Crippen LogP contribution is 2.46. The van der Waals surface area contributed by atoms with Gasteiger partial charge in [-0.25, -0.2) is 0 Å². The van der Waals surface area contributed by atoms with Crippen LogP contribution in [-0.2, 0) is 5.54 Å². The minimum atomic E-state index is -0.240. The van der Waals surface area contributed by atoms with Crippen LogP contribution in [0.15, 0.2) is 47.1 Å². The zero-order valence-electron chi connectivity index (χ0n) is 10.7. The van der Waals surface area contributed by atoms with Gasteiger partial charge in [-0.1, -0.05) is 12.1 Å². The number of benzene rings is 1. The lowest BCUT2D eigenvalue weighted by Crippen LogP contribution is -2.34. The van der Waals surface area contributed by atoms with Crippen molar-refractivity contribution in [1.82, 2.24) is 5.32 Å². The summed E-state index contributed by atoms with van der Waals surface area (Å²) in [6.07, 6.45) is 3.40. The first-order valence-electron chi connectivity index (χ1n) is 6.24. The predicted octanol–water partition coefficient (Wildman–Crippen LogP) is 2.71. The van der Waals surface area contributed by atoms with Crippen LogP contribution in [0.5, 0.6) is 5.75 Å². The van der Waals surface area contributed by atoms with Crippen molar-refractivity contribution in [2.75, 3.05) is 7.11 Å². The van der Waals surface area contributed by atoms with E-state index in [2.05, 4.69) is 5.32 Å². The van der Waals surface area contributed by atoms with E-state index in [9.17, 15) is 4.79 Å². The van der Waals surface area contributed by atoms with Crippen molar-refractivity contribution >= 4 is 5.91 Å². The standard InChI is InChI=1S/C15H15NO3/c1-18-12-6-4-11(5-7-12)15(8-9-15)16-14(17)13-3-2-10-19-13/h2-7,10H,8-9H2,1H3,(H,16,17). The van der Waals surface area contributed by atoms with Gasteiger partial charge in [0.1, 0.15) is 5.75 Å². The Balaban J connectivity index is 1.77. The summed E-state index contributed by atoms with van der Waals surface area (Å²) in [4.78, 5) is 12.0. The second-order valence-electron chi connectivity index (χ2n) is 4.74. The van der Waals surface area contributed by atoms with E-state index in [4.69, 9.17) is 9.15 Å². The van der Waals surface area contributed by atoms with Crippen molar-refractivity contribution in [2.24, 2.45) is 0 Å². The van der Waals surface area contributed by atoms with Crippen molar-refractivity contribution in [3.8, 4) is 5.75 Å². The van der Waals surface area contributed by atoms with E-state index in [-0.39, 0.29) is 11.4 Å². The summed E-state index contributed by atoms with van der Waals surface area (Å²) in [6.45, 7) is 0. The summed E-state index contributed by atoms with van der Waals surface area (Å²) < 4.78 is 10.2. The Kier molecular flexibility index (Phi) is 2.78. The number of carbonyl (C=O) groups excluding carboxylic acids is 1. The van der Waals surface area contributed by atoms with Gasteiger partial charge in [-0.15, -0.1) is 0 Å². The summed E-state index contributed by atoms with van der Waals surface area (Å²) >= 11 is 0. The Labute approximate surface area is 111 Å². The van der Waals surface area contributed by atoms with E-state index in [0.29, 0.717) is 5.76 Å². The van der Waals surface area contributed by atoms with Gasteiger partial charge in [0.25, 0.3) is 5.91 Å². The maximum absolute atomic E-state index is 12.0. The van der Waals surface area contributed by atoms with Crippen LogP contribution in [0.4, 0.5) is 0 Å². The van der Waals surface area contributed by atoms with E-state index in [1.807, 2.05) is 24.3 Å². The Morgan fingerprint density at radius 3 is 2.53 bits per heavy atom. The van der Waals surface area contributed by atoms with Crippen LogP contribution in [0.3, 0.4) is 0 Å². The molecule has 4 heteroatoms. The molecule has 4 nitrogen and oxygen atoms in total. The fraction of sp³-hybridized carbons (Fsp3) is 0.267. The SMILES string of the molecule is COc1ccc(C2(NC(=O)c3ccco3)CC2)cc1. The molecular weight excluding hydrogens is 242 g/mol. The predicted molar refractivity (Wildman–Crippen MR) is 70.1 cm³/mol. The maximum atomic E-state index is 12.0. The third-order valence-electron chi connectivity index (χ3n) is 3.49. The normalized spacial score (nSPS) is 15.8. The number of amides is 1.